The van der Waals surface area contributed by atoms with Crippen LogP contribution in [0.5, 0.6) is 0 Å². The van der Waals surface area contributed by atoms with E-state index in [2.05, 4.69) is 107 Å². The molecule has 5 aromatic rings. The standard InChI is InChI=1S/C24H15Br/c25-21-12-9-16(10-13-21)19-11-14-23-20(15-19)8-7-18-6-5-17-3-1-2-4-22(17)24(18)23/h1-15H. The second kappa shape index (κ2) is 5.72. The third kappa shape index (κ3) is 2.43. The van der Waals surface area contributed by atoms with Crippen LogP contribution in [0.1, 0.15) is 0 Å². The van der Waals surface area contributed by atoms with Crippen LogP contribution in [0.2, 0.25) is 0 Å². The van der Waals surface area contributed by atoms with Gasteiger partial charge in [-0.3, -0.25) is 0 Å². The quantitative estimate of drug-likeness (QED) is 0.262. The van der Waals surface area contributed by atoms with Gasteiger partial charge in [0, 0.05) is 4.47 Å². The predicted molar refractivity (Wildman–Crippen MR) is 112 cm³/mol. The van der Waals surface area contributed by atoms with Crippen molar-refractivity contribution in [3.63, 3.8) is 0 Å². The molecular weight excluding hydrogens is 368 g/mol. The summed E-state index contributed by atoms with van der Waals surface area (Å²) in [5.41, 5.74) is 2.49. The van der Waals surface area contributed by atoms with Crippen LogP contribution in [-0.2, 0) is 0 Å². The van der Waals surface area contributed by atoms with E-state index in [-0.39, 0.29) is 0 Å². The molecule has 0 aliphatic rings. The number of halogens is 1. The summed E-state index contributed by atoms with van der Waals surface area (Å²) in [4.78, 5) is 0. The Morgan fingerprint density at radius 3 is 1.96 bits per heavy atom. The molecule has 0 nitrogen and oxygen atoms in total. The third-order valence-corrected chi connectivity index (χ3v) is 5.43. The van der Waals surface area contributed by atoms with Crippen LogP contribution in [0.25, 0.3) is 43.4 Å². The minimum Gasteiger partial charge on any atom is -0.0616 e. The van der Waals surface area contributed by atoms with Crippen LogP contribution < -0.4 is 0 Å². The highest BCUT2D eigenvalue weighted by molar-refractivity contribution is 9.10. The summed E-state index contributed by atoms with van der Waals surface area (Å²) < 4.78 is 1.11. The topological polar surface area (TPSA) is 0 Å². The second-order valence-corrected chi connectivity index (χ2v) is 7.31. The van der Waals surface area contributed by atoms with Gasteiger partial charge in [-0.05, 0) is 61.6 Å². The lowest BCUT2D eigenvalue weighted by Gasteiger charge is -2.10. The Morgan fingerprint density at radius 2 is 1.12 bits per heavy atom. The zero-order valence-electron chi connectivity index (χ0n) is 13.5. The first kappa shape index (κ1) is 14.7. The van der Waals surface area contributed by atoms with Gasteiger partial charge in [0.2, 0.25) is 0 Å². The van der Waals surface area contributed by atoms with E-state index < -0.39 is 0 Å². The van der Waals surface area contributed by atoms with Gasteiger partial charge in [-0.2, -0.15) is 0 Å². The van der Waals surface area contributed by atoms with Crippen LogP contribution in [0.4, 0.5) is 0 Å². The van der Waals surface area contributed by atoms with Crippen LogP contribution >= 0.6 is 15.9 Å². The molecule has 0 unspecified atom stereocenters. The summed E-state index contributed by atoms with van der Waals surface area (Å²) in [6, 6.07) is 32.8. The smallest absolute Gasteiger partial charge is 0.0175 e. The third-order valence-electron chi connectivity index (χ3n) is 4.90. The van der Waals surface area contributed by atoms with Gasteiger partial charge < -0.3 is 0 Å². The molecule has 0 saturated heterocycles. The Balaban J connectivity index is 1.82. The highest BCUT2D eigenvalue weighted by atomic mass is 79.9. The Bertz CT molecular complexity index is 1230. The lowest BCUT2D eigenvalue weighted by Crippen LogP contribution is -1.83. The number of benzene rings is 5. The summed E-state index contributed by atoms with van der Waals surface area (Å²) in [5.74, 6) is 0. The highest BCUT2D eigenvalue weighted by Gasteiger charge is 2.06. The molecule has 118 valence electrons. The maximum atomic E-state index is 3.51. The maximum Gasteiger partial charge on any atom is 0.0175 e. The first-order valence-corrected chi connectivity index (χ1v) is 9.19. The molecule has 25 heavy (non-hydrogen) atoms. The largest absolute Gasteiger partial charge is 0.0616 e. The van der Waals surface area contributed by atoms with Gasteiger partial charge in [-0.15, -0.1) is 0 Å². The summed E-state index contributed by atoms with van der Waals surface area (Å²) >= 11 is 3.51. The van der Waals surface area contributed by atoms with Crippen molar-refractivity contribution in [1.82, 2.24) is 0 Å². The maximum absolute atomic E-state index is 3.51. The van der Waals surface area contributed by atoms with Gasteiger partial charge in [-0.1, -0.05) is 88.7 Å². The van der Waals surface area contributed by atoms with Crippen molar-refractivity contribution < 1.29 is 0 Å². The zero-order valence-corrected chi connectivity index (χ0v) is 15.1. The lowest BCUT2D eigenvalue weighted by molar-refractivity contribution is 1.61. The van der Waals surface area contributed by atoms with Crippen molar-refractivity contribution in [1.29, 1.82) is 0 Å². The molecule has 0 heterocycles. The van der Waals surface area contributed by atoms with E-state index in [9.17, 15) is 0 Å². The number of hydrogen-bond acceptors (Lipinski definition) is 0. The molecule has 0 radical (unpaired) electrons. The van der Waals surface area contributed by atoms with Crippen molar-refractivity contribution in [3.05, 3.63) is 95.5 Å². The van der Waals surface area contributed by atoms with Crippen molar-refractivity contribution in [2.75, 3.05) is 0 Å². The molecule has 5 rings (SSSR count). The fraction of sp³-hybridized carbons (Fsp3) is 0. The number of hydrogen-bond donors (Lipinski definition) is 0. The Kier molecular flexibility index (Phi) is 3.36. The van der Waals surface area contributed by atoms with Gasteiger partial charge in [0.15, 0.2) is 0 Å². The van der Waals surface area contributed by atoms with E-state index in [4.69, 9.17) is 0 Å². The minimum atomic E-state index is 1.11. The van der Waals surface area contributed by atoms with E-state index in [1.165, 1.54) is 43.4 Å². The fourth-order valence-corrected chi connectivity index (χ4v) is 3.92. The van der Waals surface area contributed by atoms with Crippen LogP contribution in [0.3, 0.4) is 0 Å². The van der Waals surface area contributed by atoms with Gasteiger partial charge >= 0.3 is 0 Å². The predicted octanol–water partition coefficient (Wildman–Crippen LogP) is 7.58. The molecule has 0 aliphatic carbocycles. The Hall–Kier alpha value is -2.64. The van der Waals surface area contributed by atoms with Crippen molar-refractivity contribution in [2.45, 2.75) is 0 Å². The van der Waals surface area contributed by atoms with E-state index in [1.54, 1.807) is 0 Å². The minimum absolute atomic E-state index is 1.11. The van der Waals surface area contributed by atoms with E-state index in [0.29, 0.717) is 0 Å². The molecule has 0 aromatic heterocycles. The van der Waals surface area contributed by atoms with Crippen molar-refractivity contribution in [2.24, 2.45) is 0 Å². The molecular formula is C24H15Br. The molecule has 0 N–H and O–H groups in total. The molecule has 0 aliphatic heterocycles. The number of rotatable bonds is 1. The first-order chi connectivity index (χ1) is 12.3. The van der Waals surface area contributed by atoms with Crippen LogP contribution in [0, 0.1) is 0 Å². The molecule has 0 amide bonds. The highest BCUT2D eigenvalue weighted by Crippen LogP contribution is 2.34. The van der Waals surface area contributed by atoms with Gasteiger partial charge in [0.05, 0.1) is 0 Å². The normalized spacial score (nSPS) is 11.4. The average molecular weight is 383 g/mol. The molecule has 0 fully saturated rings. The molecule has 0 bridgehead atoms. The van der Waals surface area contributed by atoms with Gasteiger partial charge in [-0.25, -0.2) is 0 Å². The molecule has 0 saturated carbocycles. The van der Waals surface area contributed by atoms with E-state index in [1.807, 2.05) is 0 Å². The van der Waals surface area contributed by atoms with Crippen LogP contribution in [-0.4, -0.2) is 0 Å². The Labute approximate surface area is 154 Å². The summed E-state index contributed by atoms with van der Waals surface area (Å²) in [5, 5.41) is 7.85. The van der Waals surface area contributed by atoms with E-state index >= 15 is 0 Å². The van der Waals surface area contributed by atoms with Crippen molar-refractivity contribution >= 4 is 48.2 Å². The lowest BCUT2D eigenvalue weighted by atomic mass is 9.94. The SMILES string of the molecule is Brc1ccc(-c2ccc3c(ccc4ccc5ccccc5c43)c2)cc1. The second-order valence-electron chi connectivity index (χ2n) is 6.39. The average Bonchev–Trinajstić information content (AvgIpc) is 2.67. The molecule has 0 spiro atoms. The van der Waals surface area contributed by atoms with E-state index in [0.717, 1.165) is 4.47 Å². The summed E-state index contributed by atoms with van der Waals surface area (Å²) in [6.07, 6.45) is 0. The fourth-order valence-electron chi connectivity index (χ4n) is 3.66. The first-order valence-electron chi connectivity index (χ1n) is 8.40. The number of fused-ring (bicyclic) bond motifs is 5. The zero-order chi connectivity index (χ0) is 16.8. The van der Waals surface area contributed by atoms with Crippen LogP contribution in [0.15, 0.2) is 95.5 Å². The summed E-state index contributed by atoms with van der Waals surface area (Å²) in [6.45, 7) is 0. The van der Waals surface area contributed by atoms with Crippen molar-refractivity contribution in [3.8, 4) is 11.1 Å². The monoisotopic (exact) mass is 382 g/mol. The molecule has 0 atom stereocenters. The Morgan fingerprint density at radius 1 is 0.480 bits per heavy atom. The van der Waals surface area contributed by atoms with Gasteiger partial charge in [0.25, 0.3) is 0 Å². The molecule has 5 aromatic carbocycles. The summed E-state index contributed by atoms with van der Waals surface area (Å²) in [7, 11) is 0. The molecule has 1 heteroatoms. The van der Waals surface area contributed by atoms with Gasteiger partial charge in [0.1, 0.15) is 0 Å².